The summed E-state index contributed by atoms with van der Waals surface area (Å²) >= 11 is 0. The molecular weight excluding hydrogens is 441 g/mol. The van der Waals surface area contributed by atoms with Crippen LogP contribution in [0, 0.1) is 5.82 Å². The van der Waals surface area contributed by atoms with E-state index in [0.717, 1.165) is 5.75 Å². The van der Waals surface area contributed by atoms with Gasteiger partial charge in [-0.2, -0.15) is 4.52 Å². The van der Waals surface area contributed by atoms with Gasteiger partial charge in [0.05, 0.1) is 13.2 Å². The molecule has 1 unspecified atom stereocenters. The number of rotatable bonds is 10. The molecular formula is C24H24FN5O4. The lowest BCUT2D eigenvalue weighted by Gasteiger charge is -2.15. The van der Waals surface area contributed by atoms with Crippen LogP contribution in [0.2, 0.25) is 0 Å². The number of carbonyl (C=O) groups excluding carboxylic acids is 1. The van der Waals surface area contributed by atoms with Crippen molar-refractivity contribution in [1.29, 1.82) is 0 Å². The Morgan fingerprint density at radius 2 is 1.85 bits per heavy atom. The maximum atomic E-state index is 13.6. The van der Waals surface area contributed by atoms with Crippen LogP contribution in [-0.2, 0) is 4.79 Å². The number of amides is 1. The predicted octanol–water partition coefficient (Wildman–Crippen LogP) is 3.29. The van der Waals surface area contributed by atoms with Crippen LogP contribution >= 0.6 is 0 Å². The molecule has 1 N–H and O–H groups in total. The normalized spacial score (nSPS) is 11.7. The van der Waals surface area contributed by atoms with E-state index in [2.05, 4.69) is 20.6 Å². The Kier molecular flexibility index (Phi) is 7.16. The third kappa shape index (κ3) is 5.58. The van der Waals surface area contributed by atoms with Gasteiger partial charge >= 0.3 is 0 Å². The first kappa shape index (κ1) is 23.0. The average Bonchev–Trinajstić information content (AvgIpc) is 3.26. The lowest BCUT2D eigenvalue weighted by molar-refractivity contribution is -0.127. The molecule has 4 rings (SSSR count). The number of aromatic nitrogens is 4. The Bertz CT molecular complexity index is 1260. The largest absolute Gasteiger partial charge is 0.494 e. The summed E-state index contributed by atoms with van der Waals surface area (Å²) in [6, 6.07) is 16.5. The summed E-state index contributed by atoms with van der Waals surface area (Å²) in [5.41, 5.74) is 1.05. The van der Waals surface area contributed by atoms with E-state index in [9.17, 15) is 9.18 Å². The minimum atomic E-state index is -0.682. The monoisotopic (exact) mass is 465 g/mol. The second-order valence-electron chi connectivity index (χ2n) is 7.28. The second-order valence-corrected chi connectivity index (χ2v) is 7.28. The first-order chi connectivity index (χ1) is 16.5. The summed E-state index contributed by atoms with van der Waals surface area (Å²) in [6.45, 7) is 4.61. The van der Waals surface area contributed by atoms with Gasteiger partial charge in [-0.25, -0.2) is 4.39 Å². The molecule has 2 aromatic heterocycles. The fourth-order valence-electron chi connectivity index (χ4n) is 3.17. The molecule has 0 aliphatic carbocycles. The molecule has 0 radical (unpaired) electrons. The molecule has 0 saturated carbocycles. The Hall–Kier alpha value is -4.21. The van der Waals surface area contributed by atoms with Gasteiger partial charge < -0.3 is 19.5 Å². The summed E-state index contributed by atoms with van der Waals surface area (Å²) in [5, 5.41) is 15.3. The van der Waals surface area contributed by atoms with Gasteiger partial charge in [0.2, 0.25) is 5.88 Å². The zero-order chi connectivity index (χ0) is 23.9. The van der Waals surface area contributed by atoms with Crippen LogP contribution in [0.5, 0.6) is 17.4 Å². The average molecular weight is 465 g/mol. The van der Waals surface area contributed by atoms with Crippen molar-refractivity contribution < 1.29 is 23.4 Å². The van der Waals surface area contributed by atoms with Crippen molar-refractivity contribution >= 4 is 11.6 Å². The van der Waals surface area contributed by atoms with E-state index < -0.39 is 6.10 Å². The summed E-state index contributed by atoms with van der Waals surface area (Å²) in [6.07, 6.45) is -0.682. The molecule has 10 heteroatoms. The topological polar surface area (TPSA) is 99.9 Å². The molecule has 4 aromatic rings. The van der Waals surface area contributed by atoms with Crippen LogP contribution in [0.4, 0.5) is 4.39 Å². The number of halogens is 1. The highest BCUT2D eigenvalue weighted by molar-refractivity contribution is 5.80. The molecule has 0 fully saturated rings. The van der Waals surface area contributed by atoms with E-state index in [1.54, 1.807) is 55.5 Å². The van der Waals surface area contributed by atoms with Gasteiger partial charge in [0.15, 0.2) is 17.6 Å². The number of hydrogen-bond acceptors (Lipinski definition) is 7. The molecule has 0 aliphatic heterocycles. The van der Waals surface area contributed by atoms with E-state index in [0.29, 0.717) is 35.3 Å². The van der Waals surface area contributed by atoms with Crippen molar-refractivity contribution in [3.05, 3.63) is 66.5 Å². The molecule has 9 nitrogen and oxygen atoms in total. The van der Waals surface area contributed by atoms with Crippen LogP contribution in [0.3, 0.4) is 0 Å². The summed E-state index contributed by atoms with van der Waals surface area (Å²) in [5.74, 6) is 1.38. The highest BCUT2D eigenvalue weighted by Crippen LogP contribution is 2.20. The van der Waals surface area contributed by atoms with Crippen molar-refractivity contribution in [2.75, 3.05) is 19.8 Å². The van der Waals surface area contributed by atoms with Gasteiger partial charge in [-0.05, 0) is 56.3 Å². The number of hydrogen-bond donors (Lipinski definition) is 1. The molecule has 0 saturated heterocycles. The minimum Gasteiger partial charge on any atom is -0.494 e. The highest BCUT2D eigenvalue weighted by atomic mass is 19.1. The smallest absolute Gasteiger partial charge is 0.260 e. The number of fused-ring (bicyclic) bond motifs is 1. The van der Waals surface area contributed by atoms with E-state index >= 15 is 0 Å². The lowest BCUT2D eigenvalue weighted by Crippen LogP contribution is -2.38. The van der Waals surface area contributed by atoms with Crippen LogP contribution in [-0.4, -0.2) is 51.6 Å². The van der Waals surface area contributed by atoms with Crippen molar-refractivity contribution in [1.82, 2.24) is 25.1 Å². The van der Waals surface area contributed by atoms with Crippen molar-refractivity contribution in [3.8, 4) is 28.8 Å². The fraction of sp³-hybridized carbons (Fsp3) is 0.250. The third-order valence-electron chi connectivity index (χ3n) is 4.79. The van der Waals surface area contributed by atoms with Crippen LogP contribution in [0.25, 0.3) is 17.0 Å². The molecule has 2 heterocycles. The summed E-state index contributed by atoms with van der Waals surface area (Å²) in [7, 11) is 0. The summed E-state index contributed by atoms with van der Waals surface area (Å²) < 4.78 is 31.8. The molecule has 0 bridgehead atoms. The molecule has 0 spiro atoms. The molecule has 1 amide bonds. The fourth-order valence-corrected chi connectivity index (χ4v) is 3.17. The van der Waals surface area contributed by atoms with Gasteiger partial charge in [0, 0.05) is 11.6 Å². The minimum absolute atomic E-state index is 0.192. The van der Waals surface area contributed by atoms with Gasteiger partial charge in [-0.15, -0.1) is 15.3 Å². The first-order valence-corrected chi connectivity index (χ1v) is 10.8. The van der Waals surface area contributed by atoms with Gasteiger partial charge in [-0.1, -0.05) is 12.1 Å². The predicted molar refractivity (Wildman–Crippen MR) is 122 cm³/mol. The Morgan fingerprint density at radius 3 is 2.62 bits per heavy atom. The van der Waals surface area contributed by atoms with Crippen LogP contribution < -0.4 is 19.5 Å². The highest BCUT2D eigenvalue weighted by Gasteiger charge is 2.15. The number of benzene rings is 2. The Labute approximate surface area is 195 Å². The first-order valence-electron chi connectivity index (χ1n) is 10.8. The number of carbonyl (C=O) groups is 1. The maximum absolute atomic E-state index is 13.6. The Balaban J connectivity index is 1.29. The van der Waals surface area contributed by atoms with E-state index in [4.69, 9.17) is 14.2 Å². The van der Waals surface area contributed by atoms with E-state index in [1.807, 2.05) is 6.92 Å². The standard InChI is InChI=1S/C24H24FN5O4/c1-3-32-19-7-9-20(10-8-19)34-16(2)24(31)26-13-14-33-22-12-11-21-27-28-23(30(21)29-22)17-5-4-6-18(25)15-17/h4-12,15-16H,3,13-14H2,1-2H3,(H,26,31). The molecule has 34 heavy (non-hydrogen) atoms. The third-order valence-corrected chi connectivity index (χ3v) is 4.79. The van der Waals surface area contributed by atoms with Gasteiger partial charge in [0.1, 0.15) is 23.9 Å². The second kappa shape index (κ2) is 10.6. The van der Waals surface area contributed by atoms with Gasteiger partial charge in [0.25, 0.3) is 5.91 Å². The van der Waals surface area contributed by atoms with Crippen molar-refractivity contribution in [2.24, 2.45) is 0 Å². The zero-order valence-corrected chi connectivity index (χ0v) is 18.8. The van der Waals surface area contributed by atoms with E-state index in [1.165, 1.54) is 16.6 Å². The summed E-state index contributed by atoms with van der Waals surface area (Å²) in [4.78, 5) is 12.3. The lowest BCUT2D eigenvalue weighted by atomic mass is 10.2. The van der Waals surface area contributed by atoms with Crippen molar-refractivity contribution in [2.45, 2.75) is 20.0 Å². The SMILES string of the molecule is CCOc1ccc(OC(C)C(=O)NCCOc2ccc3nnc(-c4cccc(F)c4)n3n2)cc1. The maximum Gasteiger partial charge on any atom is 0.260 e. The zero-order valence-electron chi connectivity index (χ0n) is 18.8. The van der Waals surface area contributed by atoms with Crippen LogP contribution in [0.1, 0.15) is 13.8 Å². The Morgan fingerprint density at radius 1 is 1.06 bits per heavy atom. The van der Waals surface area contributed by atoms with Crippen LogP contribution in [0.15, 0.2) is 60.7 Å². The molecule has 176 valence electrons. The quantitative estimate of drug-likeness (QED) is 0.359. The van der Waals surface area contributed by atoms with Crippen molar-refractivity contribution in [3.63, 3.8) is 0 Å². The number of nitrogens with zero attached hydrogens (tertiary/aromatic N) is 4. The molecule has 1 atom stereocenters. The molecule has 0 aliphatic rings. The number of nitrogens with one attached hydrogen (secondary N) is 1. The molecule has 2 aromatic carbocycles. The van der Waals surface area contributed by atoms with E-state index in [-0.39, 0.29) is 24.9 Å². The number of ether oxygens (including phenoxy) is 3. The van der Waals surface area contributed by atoms with Gasteiger partial charge in [-0.3, -0.25) is 4.79 Å².